The highest BCUT2D eigenvalue weighted by molar-refractivity contribution is 7.30. The molecule has 6 aromatic heterocycles. The Kier molecular flexibility index (Phi) is 23.4. The zero-order valence-electron chi connectivity index (χ0n) is 41.0. The van der Waals surface area contributed by atoms with Gasteiger partial charge in [-0.1, -0.05) is 168 Å². The minimum Gasteiger partial charge on any atom is -0.134 e. The van der Waals surface area contributed by atoms with Gasteiger partial charge in [0.05, 0.1) is 9.75 Å². The quantitative estimate of drug-likeness (QED) is 0.0285. The average molecular weight is 992 g/mol. The average Bonchev–Trinajstić information content (AvgIpc) is 4.20. The summed E-state index contributed by atoms with van der Waals surface area (Å²) in [6.07, 6.45) is 48.2. The summed E-state index contributed by atoms with van der Waals surface area (Å²) in [4.78, 5) is 16.3. The third-order valence-electron chi connectivity index (χ3n) is 13.1. The highest BCUT2D eigenvalue weighted by Gasteiger charge is 2.21. The molecular weight excluding hydrogens is 913 g/mol. The maximum absolute atomic E-state index is 6.04. The van der Waals surface area contributed by atoms with Gasteiger partial charge in [-0.2, -0.15) is 0 Å². The summed E-state index contributed by atoms with van der Waals surface area (Å²) < 4.78 is 0. The van der Waals surface area contributed by atoms with E-state index in [-0.39, 0.29) is 0 Å². The molecule has 0 saturated heterocycles. The topological polar surface area (TPSA) is 0 Å². The van der Waals surface area contributed by atoms with Crippen molar-refractivity contribution in [2.45, 2.75) is 207 Å². The molecule has 0 aliphatic rings. The van der Waals surface area contributed by atoms with Crippen LogP contribution in [0.5, 0.6) is 0 Å². The smallest absolute Gasteiger partial charge is 0.0775 e. The molecule has 0 saturated carbocycles. The first kappa shape index (κ1) is 52.7. The lowest BCUT2D eigenvalue weighted by Crippen LogP contribution is -1.87. The van der Waals surface area contributed by atoms with E-state index in [9.17, 15) is 0 Å². The van der Waals surface area contributed by atoms with Crippen LogP contribution in [0.3, 0.4) is 0 Å². The summed E-state index contributed by atoms with van der Waals surface area (Å²) in [5.74, 6) is 5.99. The molecule has 0 aliphatic carbocycles. The molecular formula is C60H78S6. The lowest BCUT2D eigenvalue weighted by molar-refractivity contribution is 0.608. The highest BCUT2D eigenvalue weighted by atomic mass is 32.1. The lowest BCUT2D eigenvalue weighted by Gasteiger charge is -2.03. The van der Waals surface area contributed by atoms with Gasteiger partial charge in [0, 0.05) is 48.8 Å². The summed E-state index contributed by atoms with van der Waals surface area (Å²) in [6.45, 7) is 9.22. The van der Waals surface area contributed by atoms with Gasteiger partial charge >= 0.3 is 0 Å². The number of unbranched alkanes of at least 4 members (excludes halogenated alkanes) is 20. The molecule has 0 atom stereocenters. The second-order valence-corrected chi connectivity index (χ2v) is 24.9. The molecule has 354 valence electrons. The van der Waals surface area contributed by atoms with Gasteiger partial charge in [0.2, 0.25) is 0 Å². The third-order valence-corrected chi connectivity index (χ3v) is 20.7. The fraction of sp³-hybridized carbons (Fsp3) is 0.533. The van der Waals surface area contributed by atoms with Crippen molar-refractivity contribution >= 4 is 68.0 Å². The first-order chi connectivity index (χ1) is 32.5. The van der Waals surface area contributed by atoms with Crippen LogP contribution in [0.2, 0.25) is 0 Å². The maximum atomic E-state index is 6.04. The molecule has 0 nitrogen and oxygen atoms in total. The van der Waals surface area contributed by atoms with Crippen molar-refractivity contribution in [2.75, 3.05) is 0 Å². The standard InChI is InChI=1S/C60H78S6/c1-7-13-17-21-25-29-33-45-41-49(11-5)61-59(45)55-43-47(35-31-27-23-19-15-9-3)57(65-55)53-39-37-51(63-53)52-38-40-54(64-52)58-48(36-32-28-24-20-16-10-4)44-56(66-58)60-46(42-50(12-6)62-60)34-30-26-22-18-14-8-2/h5-6,37-44H,7-10,13-36H2,1-4H3. The second-order valence-electron chi connectivity index (χ2n) is 18.5. The number of hydrogen-bond acceptors (Lipinski definition) is 6. The minimum atomic E-state index is 1.07. The van der Waals surface area contributed by atoms with Crippen LogP contribution in [0.15, 0.2) is 48.5 Å². The van der Waals surface area contributed by atoms with Gasteiger partial charge in [-0.15, -0.1) is 80.9 Å². The summed E-state index contributed by atoms with van der Waals surface area (Å²) in [5.41, 5.74) is 5.96. The van der Waals surface area contributed by atoms with E-state index in [1.165, 1.54) is 225 Å². The van der Waals surface area contributed by atoms with Crippen molar-refractivity contribution in [1.82, 2.24) is 0 Å². The molecule has 0 aliphatic heterocycles. The molecule has 0 radical (unpaired) electrons. The SMILES string of the molecule is C#Cc1cc(CCCCCCCC)c(-c2cc(CCCCCCCC)c(-c3ccc(-c4ccc(-c5sc(-c6sc(C#C)cc6CCCCCCCC)cc5CCCCCCCC)s4)s3)s2)s1. The first-order valence-electron chi connectivity index (χ1n) is 26.2. The van der Waals surface area contributed by atoms with Crippen molar-refractivity contribution in [2.24, 2.45) is 0 Å². The van der Waals surface area contributed by atoms with Crippen LogP contribution < -0.4 is 0 Å². The van der Waals surface area contributed by atoms with Crippen molar-refractivity contribution in [3.63, 3.8) is 0 Å². The Balaban J connectivity index is 1.26. The molecule has 0 spiro atoms. The van der Waals surface area contributed by atoms with Crippen LogP contribution in [0.25, 0.3) is 48.8 Å². The number of thiophene rings is 6. The molecule has 0 fully saturated rings. The Morgan fingerprint density at radius 2 is 0.576 bits per heavy atom. The Bertz CT molecular complexity index is 2210. The Morgan fingerprint density at radius 3 is 0.894 bits per heavy atom. The molecule has 0 N–H and O–H groups in total. The molecule has 0 unspecified atom stereocenters. The Morgan fingerprint density at radius 1 is 0.303 bits per heavy atom. The van der Waals surface area contributed by atoms with Gasteiger partial charge in [-0.05, 0) is 122 Å². The van der Waals surface area contributed by atoms with Gasteiger partial charge in [-0.3, -0.25) is 0 Å². The first-order valence-corrected chi connectivity index (χ1v) is 31.0. The van der Waals surface area contributed by atoms with E-state index in [0.29, 0.717) is 0 Å². The van der Waals surface area contributed by atoms with Gasteiger partial charge in [0.15, 0.2) is 0 Å². The Labute approximate surface area is 426 Å². The lowest BCUT2D eigenvalue weighted by atomic mass is 10.0. The van der Waals surface area contributed by atoms with Gasteiger partial charge in [0.1, 0.15) is 0 Å². The third kappa shape index (κ3) is 15.7. The van der Waals surface area contributed by atoms with Crippen molar-refractivity contribution in [1.29, 1.82) is 0 Å². The van der Waals surface area contributed by atoms with Gasteiger partial charge in [0.25, 0.3) is 0 Å². The van der Waals surface area contributed by atoms with Crippen LogP contribution in [-0.2, 0) is 25.7 Å². The highest BCUT2D eigenvalue weighted by Crippen LogP contribution is 2.50. The van der Waals surface area contributed by atoms with Crippen molar-refractivity contribution in [3.8, 4) is 73.5 Å². The van der Waals surface area contributed by atoms with E-state index in [4.69, 9.17) is 12.8 Å². The van der Waals surface area contributed by atoms with Crippen molar-refractivity contribution in [3.05, 3.63) is 80.5 Å². The zero-order valence-corrected chi connectivity index (χ0v) is 45.9. The van der Waals surface area contributed by atoms with Crippen LogP contribution in [0.1, 0.15) is 214 Å². The molecule has 6 rings (SSSR count). The summed E-state index contributed by atoms with van der Waals surface area (Å²) in [5, 5.41) is 0. The fourth-order valence-corrected chi connectivity index (χ4v) is 16.4. The maximum Gasteiger partial charge on any atom is 0.0775 e. The van der Waals surface area contributed by atoms with Crippen molar-refractivity contribution < 1.29 is 0 Å². The van der Waals surface area contributed by atoms with E-state index >= 15 is 0 Å². The van der Waals surface area contributed by atoms with E-state index in [2.05, 4.69) is 88.1 Å². The van der Waals surface area contributed by atoms with E-state index in [1.807, 2.05) is 68.0 Å². The fourth-order valence-electron chi connectivity index (χ4n) is 9.23. The number of terminal acetylenes is 2. The van der Waals surface area contributed by atoms with E-state index < -0.39 is 0 Å². The molecule has 0 bridgehead atoms. The predicted molar refractivity (Wildman–Crippen MR) is 305 cm³/mol. The molecule has 0 aromatic carbocycles. The monoisotopic (exact) mass is 990 g/mol. The molecule has 0 amide bonds. The number of rotatable bonds is 33. The largest absolute Gasteiger partial charge is 0.134 e. The molecule has 6 heteroatoms. The van der Waals surface area contributed by atoms with Crippen LogP contribution in [-0.4, -0.2) is 0 Å². The van der Waals surface area contributed by atoms with Gasteiger partial charge < -0.3 is 0 Å². The minimum absolute atomic E-state index is 1.07. The number of aryl methyl sites for hydroxylation is 4. The van der Waals surface area contributed by atoms with E-state index in [0.717, 1.165) is 35.4 Å². The van der Waals surface area contributed by atoms with Gasteiger partial charge in [-0.25, -0.2) is 0 Å². The Hall–Kier alpha value is -2.68. The van der Waals surface area contributed by atoms with Crippen LogP contribution >= 0.6 is 68.0 Å². The second kappa shape index (κ2) is 29.4. The molecule has 6 aromatic rings. The molecule has 66 heavy (non-hydrogen) atoms. The predicted octanol–water partition coefficient (Wildman–Crippen LogP) is 22.0. The molecule has 6 heterocycles. The zero-order chi connectivity index (χ0) is 46.4. The summed E-state index contributed by atoms with van der Waals surface area (Å²) in [6, 6.07) is 19.3. The van der Waals surface area contributed by atoms with Crippen LogP contribution in [0, 0.1) is 24.7 Å². The normalized spacial score (nSPS) is 11.5. The van der Waals surface area contributed by atoms with E-state index in [1.54, 1.807) is 0 Å². The van der Waals surface area contributed by atoms with Crippen LogP contribution in [0.4, 0.5) is 0 Å². The number of hydrogen-bond donors (Lipinski definition) is 0. The summed E-state index contributed by atoms with van der Waals surface area (Å²) >= 11 is 11.7. The summed E-state index contributed by atoms with van der Waals surface area (Å²) in [7, 11) is 0.